The molecular weight excluding hydrogens is 583 g/mol. The van der Waals surface area contributed by atoms with Gasteiger partial charge in [0, 0.05) is 33.7 Å². The number of aromatic nitrogens is 1. The van der Waals surface area contributed by atoms with Crippen molar-refractivity contribution < 1.29 is 0 Å². The molecule has 3 heteroatoms. The largest absolute Gasteiger partial charge is 0.354 e. The monoisotopic (exact) mass is 613 g/mol. The van der Waals surface area contributed by atoms with Gasteiger partial charge in [0.25, 0.3) is 0 Å². The highest BCUT2D eigenvalue weighted by atomic mass is 14.8. The summed E-state index contributed by atoms with van der Waals surface area (Å²) in [5, 5.41) is 0. The van der Waals surface area contributed by atoms with Gasteiger partial charge in [-0.1, -0.05) is 133 Å². The van der Waals surface area contributed by atoms with Gasteiger partial charge >= 0.3 is 0 Å². The number of nitrogens with zero attached hydrogens (tertiary/aromatic N) is 2. The average Bonchev–Trinajstić information content (AvgIpc) is 3.98. The van der Waals surface area contributed by atoms with Crippen LogP contribution in [-0.2, 0) is 0 Å². The maximum atomic E-state index is 5.39. The molecule has 4 aliphatic rings. The normalized spacial score (nSPS) is 16.8. The first-order chi connectivity index (χ1) is 23.8. The minimum atomic E-state index is 0.779. The molecule has 0 radical (unpaired) electrons. The summed E-state index contributed by atoms with van der Waals surface area (Å²) >= 11 is 0. The first kappa shape index (κ1) is 27.9. The van der Waals surface area contributed by atoms with Crippen molar-refractivity contribution in [3.63, 3.8) is 0 Å². The molecule has 48 heavy (non-hydrogen) atoms. The van der Waals surface area contributed by atoms with Crippen LogP contribution in [0.15, 0.2) is 202 Å². The Morgan fingerprint density at radius 1 is 0.354 bits per heavy atom. The third kappa shape index (κ3) is 4.94. The van der Waals surface area contributed by atoms with Crippen molar-refractivity contribution in [3.8, 4) is 0 Å². The van der Waals surface area contributed by atoms with Crippen LogP contribution in [0.2, 0.25) is 0 Å². The number of H-pyrrole nitrogens is 1. The first-order valence-corrected chi connectivity index (χ1v) is 16.4. The van der Waals surface area contributed by atoms with Gasteiger partial charge in [-0.15, -0.1) is 0 Å². The number of fused-ring (bicyclic) bond motifs is 6. The highest BCUT2D eigenvalue weighted by Crippen LogP contribution is 2.41. The Morgan fingerprint density at radius 3 is 1.08 bits per heavy atom. The lowest BCUT2D eigenvalue weighted by Gasteiger charge is -2.14. The molecule has 0 amide bonds. The van der Waals surface area contributed by atoms with Crippen LogP contribution in [0.3, 0.4) is 0 Å². The quantitative estimate of drug-likeness (QED) is 0.210. The molecule has 0 fully saturated rings. The summed E-state index contributed by atoms with van der Waals surface area (Å²) in [6.07, 6.45) is 14.0. The Morgan fingerprint density at radius 2 is 0.708 bits per heavy atom. The lowest BCUT2D eigenvalue weighted by molar-refractivity contribution is 1.26. The molecule has 0 unspecified atom stereocenters. The van der Waals surface area contributed by atoms with Crippen molar-refractivity contribution in [1.29, 1.82) is 0 Å². The van der Waals surface area contributed by atoms with Crippen LogP contribution in [0.4, 0.5) is 0 Å². The lowest BCUT2D eigenvalue weighted by Crippen LogP contribution is -2.03. The zero-order chi connectivity index (χ0) is 31.9. The summed E-state index contributed by atoms with van der Waals surface area (Å²) < 4.78 is 0. The Hall–Kier alpha value is -6.32. The van der Waals surface area contributed by atoms with E-state index in [1.807, 2.05) is 0 Å². The number of allylic oxidation sites excluding steroid dienone is 10. The first-order valence-electron chi connectivity index (χ1n) is 16.4. The SMILES string of the molecule is C1=CC2=C(c3ccccc3)c3ccc([nH]3)C(c3ccccc3)=C3C=CC(=N3)C(c3ccccc3)=C3C=CC(=C(c4ccccc4)C1=N2)C3. The van der Waals surface area contributed by atoms with E-state index in [4.69, 9.17) is 9.98 Å². The van der Waals surface area contributed by atoms with E-state index in [-0.39, 0.29) is 0 Å². The number of aliphatic imine (C=N–C) groups is 2. The van der Waals surface area contributed by atoms with E-state index in [1.54, 1.807) is 0 Å². The van der Waals surface area contributed by atoms with Crippen LogP contribution in [-0.4, -0.2) is 16.4 Å². The number of hydrogen-bond donors (Lipinski definition) is 1. The van der Waals surface area contributed by atoms with E-state index >= 15 is 0 Å². The summed E-state index contributed by atoms with van der Waals surface area (Å²) in [7, 11) is 0. The summed E-state index contributed by atoms with van der Waals surface area (Å²) in [5.41, 5.74) is 17.3. The lowest BCUT2D eigenvalue weighted by atomic mass is 9.91. The zero-order valence-electron chi connectivity index (χ0n) is 26.3. The van der Waals surface area contributed by atoms with Gasteiger partial charge in [0.1, 0.15) is 0 Å². The van der Waals surface area contributed by atoms with Crippen molar-refractivity contribution in [2.24, 2.45) is 9.98 Å². The molecule has 0 atom stereocenters. The summed E-state index contributed by atoms with van der Waals surface area (Å²) in [6, 6.07) is 46.8. The Kier molecular flexibility index (Phi) is 6.87. The Bertz CT molecular complexity index is 2190. The average molecular weight is 614 g/mol. The topological polar surface area (TPSA) is 40.5 Å². The van der Waals surface area contributed by atoms with Crippen LogP contribution in [0, 0.1) is 0 Å². The molecule has 1 aromatic heterocycles. The van der Waals surface area contributed by atoms with E-state index in [0.717, 1.165) is 85.2 Å². The third-order valence-electron chi connectivity index (χ3n) is 9.29. The van der Waals surface area contributed by atoms with E-state index in [0.29, 0.717) is 0 Å². The van der Waals surface area contributed by atoms with Gasteiger partial charge in [-0.05, 0) is 76.3 Å². The van der Waals surface area contributed by atoms with Crippen LogP contribution in [0.25, 0.3) is 22.3 Å². The van der Waals surface area contributed by atoms with Gasteiger partial charge in [-0.3, -0.25) is 0 Å². The van der Waals surface area contributed by atoms with Crippen LogP contribution < -0.4 is 0 Å². The number of rotatable bonds is 4. The number of nitrogens with one attached hydrogen (secondary N) is 1. The zero-order valence-corrected chi connectivity index (χ0v) is 26.3. The Balaban J connectivity index is 1.36. The second-order valence-corrected chi connectivity index (χ2v) is 12.2. The molecule has 0 spiro atoms. The second-order valence-electron chi connectivity index (χ2n) is 12.2. The number of hydrogen-bond acceptors (Lipinski definition) is 2. The van der Waals surface area contributed by atoms with E-state index in [2.05, 4.69) is 175 Å². The van der Waals surface area contributed by atoms with Gasteiger partial charge in [-0.2, -0.15) is 0 Å². The van der Waals surface area contributed by atoms with Crippen LogP contribution >= 0.6 is 0 Å². The van der Waals surface area contributed by atoms with Crippen molar-refractivity contribution >= 4 is 33.7 Å². The van der Waals surface area contributed by atoms with E-state index in [1.165, 1.54) is 11.1 Å². The van der Waals surface area contributed by atoms with Gasteiger partial charge in [0.15, 0.2) is 0 Å². The van der Waals surface area contributed by atoms with Crippen molar-refractivity contribution in [1.82, 2.24) is 4.98 Å². The molecule has 3 nitrogen and oxygen atoms in total. The maximum absolute atomic E-state index is 5.39. The van der Waals surface area contributed by atoms with Crippen LogP contribution in [0.5, 0.6) is 0 Å². The van der Waals surface area contributed by atoms with Crippen molar-refractivity contribution in [3.05, 3.63) is 226 Å². The fourth-order valence-corrected chi connectivity index (χ4v) is 7.13. The molecule has 1 aliphatic carbocycles. The second kappa shape index (κ2) is 11.8. The smallest absolute Gasteiger partial charge is 0.0737 e. The molecule has 0 saturated carbocycles. The van der Waals surface area contributed by atoms with E-state index < -0.39 is 0 Å². The molecule has 226 valence electrons. The molecule has 0 saturated heterocycles. The highest BCUT2D eigenvalue weighted by Gasteiger charge is 2.26. The Labute approximate surface area is 280 Å². The molecule has 3 aliphatic heterocycles. The summed E-state index contributed by atoms with van der Waals surface area (Å²) in [5.74, 6) is 0. The van der Waals surface area contributed by atoms with Gasteiger partial charge in [0.05, 0.1) is 22.8 Å². The molecule has 4 heterocycles. The summed E-state index contributed by atoms with van der Waals surface area (Å²) in [4.78, 5) is 14.6. The maximum Gasteiger partial charge on any atom is 0.0737 e. The van der Waals surface area contributed by atoms with Gasteiger partial charge in [0.2, 0.25) is 0 Å². The summed E-state index contributed by atoms with van der Waals surface area (Å²) in [6.45, 7) is 0. The molecule has 8 bridgehead atoms. The molecule has 9 rings (SSSR count). The fraction of sp³-hybridized carbons (Fsp3) is 0.0222. The van der Waals surface area contributed by atoms with Gasteiger partial charge < -0.3 is 4.98 Å². The van der Waals surface area contributed by atoms with E-state index in [9.17, 15) is 0 Å². The third-order valence-corrected chi connectivity index (χ3v) is 9.29. The highest BCUT2D eigenvalue weighted by molar-refractivity contribution is 6.34. The molecule has 1 N–H and O–H groups in total. The predicted octanol–water partition coefficient (Wildman–Crippen LogP) is 10.4. The van der Waals surface area contributed by atoms with Crippen LogP contribution in [0.1, 0.15) is 40.1 Å². The molecule has 4 aromatic carbocycles. The molecular formula is C45H31N3. The fourth-order valence-electron chi connectivity index (χ4n) is 7.13. The predicted molar refractivity (Wildman–Crippen MR) is 199 cm³/mol. The standard InChI is InChI=1S/C45H31N3/c1-5-13-30(14-6-1)42-34-21-22-35(29-34)43(31-15-7-2-8-16-31)37-24-26-39(47-37)45(33-19-11-4-12-20-33)41-28-27-40(48-41)44(32-17-9-3-10-18-32)38-25-23-36(42)46-38/h1-28,48H,29H2. The van der Waals surface area contributed by atoms with Crippen molar-refractivity contribution in [2.75, 3.05) is 0 Å². The van der Waals surface area contributed by atoms with Crippen molar-refractivity contribution in [2.45, 2.75) is 6.42 Å². The number of benzene rings is 4. The molecule has 5 aromatic rings. The number of aromatic amines is 1. The van der Waals surface area contributed by atoms with Gasteiger partial charge in [-0.25, -0.2) is 9.98 Å². The minimum Gasteiger partial charge on any atom is -0.354 e. The minimum absolute atomic E-state index is 0.779.